The first-order chi connectivity index (χ1) is 7.29. The first-order valence-electron chi connectivity index (χ1n) is 4.37. The van der Waals surface area contributed by atoms with Gasteiger partial charge in [-0.2, -0.15) is 0 Å². The predicted octanol–water partition coefficient (Wildman–Crippen LogP) is -2.49. The largest absolute Gasteiger partial charge is 1.00 e. The zero-order valence-corrected chi connectivity index (χ0v) is 10.8. The quantitative estimate of drug-likeness (QED) is 0.527. The van der Waals surface area contributed by atoms with E-state index in [4.69, 9.17) is 0 Å². The fraction of sp³-hybridized carbons (Fsp3) is 0. The van der Waals surface area contributed by atoms with Crippen LogP contribution in [0.25, 0.3) is 11.4 Å². The van der Waals surface area contributed by atoms with E-state index in [1.54, 1.807) is 30.5 Å². The number of hydrogen-bond donors (Lipinski definition) is 0. The van der Waals surface area contributed by atoms with Gasteiger partial charge in [0.15, 0.2) is 0 Å². The van der Waals surface area contributed by atoms with Gasteiger partial charge >= 0.3 is 29.6 Å². The second-order valence-corrected chi connectivity index (χ2v) is 2.90. The Morgan fingerprint density at radius 3 is 2.44 bits per heavy atom. The van der Waals surface area contributed by atoms with Crippen molar-refractivity contribution in [2.75, 3.05) is 0 Å². The van der Waals surface area contributed by atoms with E-state index < -0.39 is 5.97 Å². The molecule has 0 saturated heterocycles. The van der Waals surface area contributed by atoms with Crippen LogP contribution in [0.5, 0.6) is 0 Å². The second kappa shape index (κ2) is 5.75. The summed E-state index contributed by atoms with van der Waals surface area (Å²) in [7, 11) is 0. The Hall–Kier alpha value is -1.23. The molecule has 0 aliphatic rings. The molecule has 5 heteroatoms. The molecular formula is C11H7N2NaO2. The van der Waals surface area contributed by atoms with Crippen LogP contribution in [0, 0.1) is 0 Å². The number of nitrogens with zero attached hydrogens (tertiary/aromatic N) is 2. The van der Waals surface area contributed by atoms with E-state index in [0.717, 1.165) is 0 Å². The van der Waals surface area contributed by atoms with Crippen molar-refractivity contribution in [3.63, 3.8) is 0 Å². The first-order valence-corrected chi connectivity index (χ1v) is 4.37. The van der Waals surface area contributed by atoms with Crippen molar-refractivity contribution in [3.05, 3.63) is 48.3 Å². The maximum absolute atomic E-state index is 10.8. The minimum absolute atomic E-state index is 0. The van der Waals surface area contributed by atoms with E-state index in [-0.39, 0.29) is 35.1 Å². The number of pyridine rings is 2. The van der Waals surface area contributed by atoms with Crippen molar-refractivity contribution in [2.45, 2.75) is 0 Å². The van der Waals surface area contributed by atoms with Crippen LogP contribution >= 0.6 is 0 Å². The van der Waals surface area contributed by atoms with Crippen molar-refractivity contribution in [3.8, 4) is 11.4 Å². The molecular weight excluding hydrogens is 215 g/mol. The molecule has 0 amide bonds. The number of hydrogen-bond acceptors (Lipinski definition) is 4. The van der Waals surface area contributed by atoms with Crippen LogP contribution in [-0.4, -0.2) is 15.9 Å². The number of aromatic nitrogens is 2. The molecule has 0 spiro atoms. The van der Waals surface area contributed by atoms with E-state index in [0.29, 0.717) is 11.4 Å². The zero-order chi connectivity index (χ0) is 10.7. The van der Waals surface area contributed by atoms with Crippen molar-refractivity contribution >= 4 is 5.97 Å². The third kappa shape index (κ3) is 2.66. The molecule has 0 radical (unpaired) electrons. The van der Waals surface area contributed by atoms with Crippen molar-refractivity contribution < 1.29 is 39.5 Å². The molecule has 16 heavy (non-hydrogen) atoms. The summed E-state index contributed by atoms with van der Waals surface area (Å²) >= 11 is 0. The van der Waals surface area contributed by atoms with Crippen LogP contribution in [0.1, 0.15) is 10.4 Å². The second-order valence-electron chi connectivity index (χ2n) is 2.90. The number of carboxylic acids is 1. The molecule has 0 unspecified atom stereocenters. The molecule has 4 nitrogen and oxygen atoms in total. The Morgan fingerprint density at radius 2 is 1.81 bits per heavy atom. The van der Waals surface area contributed by atoms with E-state index in [2.05, 4.69) is 9.97 Å². The number of carboxylic acid groups (broad SMARTS) is 1. The molecule has 0 bridgehead atoms. The molecule has 0 fully saturated rings. The third-order valence-corrected chi connectivity index (χ3v) is 1.94. The summed E-state index contributed by atoms with van der Waals surface area (Å²) in [6.45, 7) is 0. The fourth-order valence-corrected chi connectivity index (χ4v) is 1.28. The molecule has 74 valence electrons. The Morgan fingerprint density at radius 1 is 1.06 bits per heavy atom. The van der Waals surface area contributed by atoms with Crippen LogP contribution < -0.4 is 34.7 Å². The molecule has 2 aromatic heterocycles. The van der Waals surface area contributed by atoms with E-state index >= 15 is 0 Å². The third-order valence-electron chi connectivity index (χ3n) is 1.94. The number of rotatable bonds is 2. The van der Waals surface area contributed by atoms with Gasteiger partial charge in [-0.25, -0.2) is 0 Å². The average molecular weight is 222 g/mol. The zero-order valence-electron chi connectivity index (χ0n) is 8.75. The van der Waals surface area contributed by atoms with Gasteiger partial charge in [0, 0.05) is 18.0 Å². The van der Waals surface area contributed by atoms with Gasteiger partial charge in [0.05, 0.1) is 17.4 Å². The molecule has 0 aliphatic heterocycles. The van der Waals surface area contributed by atoms with Gasteiger partial charge in [0.2, 0.25) is 0 Å². The normalized spacial score (nSPS) is 9.25. The van der Waals surface area contributed by atoms with Gasteiger partial charge in [-0.15, -0.1) is 0 Å². The maximum Gasteiger partial charge on any atom is 1.00 e. The predicted molar refractivity (Wildman–Crippen MR) is 51.8 cm³/mol. The van der Waals surface area contributed by atoms with E-state index in [1.807, 2.05) is 0 Å². The number of aromatic carboxylic acids is 1. The molecule has 0 aliphatic carbocycles. The van der Waals surface area contributed by atoms with Gasteiger partial charge in [-0.05, 0) is 24.3 Å². The smallest absolute Gasteiger partial charge is 0.545 e. The monoisotopic (exact) mass is 222 g/mol. The average Bonchev–Trinajstić information content (AvgIpc) is 2.30. The van der Waals surface area contributed by atoms with Crippen LogP contribution in [0.4, 0.5) is 0 Å². The molecule has 0 N–H and O–H groups in total. The summed E-state index contributed by atoms with van der Waals surface area (Å²) in [6, 6.07) is 8.24. The van der Waals surface area contributed by atoms with Gasteiger partial charge < -0.3 is 9.90 Å². The molecule has 0 aromatic carbocycles. The van der Waals surface area contributed by atoms with Crippen molar-refractivity contribution in [2.24, 2.45) is 0 Å². The Bertz CT molecular complexity index is 488. The molecule has 2 aromatic rings. The standard InChI is InChI=1S/C11H8N2O2.Na/c14-11(15)8-4-3-7-13-10(8)9-5-1-2-6-12-9;/h1-7H,(H,14,15);/q;+1/p-1. The van der Waals surface area contributed by atoms with Gasteiger partial charge in [-0.1, -0.05) is 6.07 Å². The summed E-state index contributed by atoms with van der Waals surface area (Å²) < 4.78 is 0. The van der Waals surface area contributed by atoms with E-state index in [9.17, 15) is 9.90 Å². The fourth-order valence-electron chi connectivity index (χ4n) is 1.28. The van der Waals surface area contributed by atoms with Crippen molar-refractivity contribution in [1.82, 2.24) is 9.97 Å². The number of carbonyl (C=O) groups excluding carboxylic acids is 1. The Labute approximate surface area is 115 Å². The van der Waals surface area contributed by atoms with Gasteiger partial charge in [-0.3, -0.25) is 9.97 Å². The number of carbonyl (C=O) groups is 1. The molecule has 2 heterocycles. The van der Waals surface area contributed by atoms with E-state index in [1.165, 1.54) is 12.3 Å². The minimum atomic E-state index is -1.25. The minimum Gasteiger partial charge on any atom is -0.545 e. The van der Waals surface area contributed by atoms with Gasteiger partial charge in [0.25, 0.3) is 0 Å². The first kappa shape index (κ1) is 12.8. The summed E-state index contributed by atoms with van der Waals surface area (Å²) in [5.74, 6) is -1.25. The maximum atomic E-state index is 10.8. The Balaban J connectivity index is 0.00000128. The molecule has 2 rings (SSSR count). The topological polar surface area (TPSA) is 65.9 Å². The van der Waals surface area contributed by atoms with Crippen LogP contribution in [0.3, 0.4) is 0 Å². The molecule has 0 saturated carbocycles. The summed E-state index contributed by atoms with van der Waals surface area (Å²) in [4.78, 5) is 18.8. The summed E-state index contributed by atoms with van der Waals surface area (Å²) in [5, 5.41) is 10.8. The van der Waals surface area contributed by atoms with Crippen LogP contribution in [0.2, 0.25) is 0 Å². The SMILES string of the molecule is O=C([O-])c1cccnc1-c1ccccn1.[Na+]. The van der Waals surface area contributed by atoms with Crippen LogP contribution in [-0.2, 0) is 0 Å². The summed E-state index contributed by atoms with van der Waals surface area (Å²) in [6.07, 6.45) is 3.11. The Kier molecular flexibility index (Phi) is 4.61. The summed E-state index contributed by atoms with van der Waals surface area (Å²) in [5.41, 5.74) is 0.909. The van der Waals surface area contributed by atoms with Gasteiger partial charge in [0.1, 0.15) is 0 Å². The van der Waals surface area contributed by atoms with Crippen molar-refractivity contribution in [1.29, 1.82) is 0 Å². The molecule has 0 atom stereocenters. The van der Waals surface area contributed by atoms with Crippen LogP contribution in [0.15, 0.2) is 42.7 Å².